The molecule has 1 aliphatic heterocycles. The van der Waals surface area contributed by atoms with Gasteiger partial charge in [0.25, 0.3) is 10.2 Å². The van der Waals surface area contributed by atoms with E-state index in [0.717, 1.165) is 37.1 Å². The molecule has 2 heterocycles. The molecule has 0 radical (unpaired) electrons. The van der Waals surface area contributed by atoms with E-state index >= 15 is 0 Å². The Kier molecular flexibility index (Phi) is 8.47. The molecule has 1 aliphatic carbocycles. The minimum atomic E-state index is -3.82. The van der Waals surface area contributed by atoms with Gasteiger partial charge in [0.15, 0.2) is 0 Å². The SMILES string of the molecule is NCCn1c(=O)n(C2CCN(CC3CCCCCCC3)CC2CNS(N)(=O)=O)c2ccccc21. The molecule has 1 aromatic heterocycles. The zero-order valence-electron chi connectivity index (χ0n) is 20.1. The van der Waals surface area contributed by atoms with Crippen LogP contribution in [0.3, 0.4) is 0 Å². The second kappa shape index (κ2) is 11.3. The zero-order chi connectivity index (χ0) is 24.1. The summed E-state index contributed by atoms with van der Waals surface area (Å²) < 4.78 is 29.6. The van der Waals surface area contributed by atoms with Crippen molar-refractivity contribution in [2.75, 3.05) is 32.7 Å². The predicted octanol–water partition coefficient (Wildman–Crippen LogP) is 1.78. The maximum absolute atomic E-state index is 13.5. The van der Waals surface area contributed by atoms with E-state index in [4.69, 9.17) is 10.9 Å². The van der Waals surface area contributed by atoms with Crippen LogP contribution in [0.4, 0.5) is 0 Å². The number of rotatable bonds is 8. The maximum atomic E-state index is 13.5. The van der Waals surface area contributed by atoms with Gasteiger partial charge in [0.2, 0.25) is 0 Å². The molecule has 0 amide bonds. The molecule has 4 rings (SSSR count). The molecule has 1 saturated carbocycles. The van der Waals surface area contributed by atoms with Crippen molar-refractivity contribution in [1.82, 2.24) is 18.8 Å². The lowest BCUT2D eigenvalue weighted by Gasteiger charge is -2.40. The molecule has 2 aromatic rings. The summed E-state index contributed by atoms with van der Waals surface area (Å²) in [5.74, 6) is 0.633. The largest absolute Gasteiger partial charge is 0.329 e. The molecule has 1 aromatic carbocycles. The third-order valence-corrected chi connectivity index (χ3v) is 8.19. The van der Waals surface area contributed by atoms with Crippen molar-refractivity contribution in [1.29, 1.82) is 0 Å². The Morgan fingerprint density at radius 2 is 1.68 bits per heavy atom. The number of fused-ring (bicyclic) bond motifs is 1. The molecule has 2 aliphatic rings. The summed E-state index contributed by atoms with van der Waals surface area (Å²) in [7, 11) is -3.82. The summed E-state index contributed by atoms with van der Waals surface area (Å²) in [6, 6.07) is 7.67. The summed E-state index contributed by atoms with van der Waals surface area (Å²) in [6.07, 6.45) is 9.94. The van der Waals surface area contributed by atoms with Crippen molar-refractivity contribution < 1.29 is 8.42 Å². The number of nitrogens with one attached hydrogen (secondary N) is 1. The standard InChI is InChI=1S/C24H40N6O3S/c25-13-15-29-22-10-6-7-11-23(22)30(24(29)31)21-12-14-28(18-20(21)16-27-34(26,32)33)17-19-8-4-2-1-3-5-9-19/h6-7,10-11,19-21,27H,1-5,8-9,12-18,25H2,(H2,26,32,33). The summed E-state index contributed by atoms with van der Waals surface area (Å²) in [6.45, 7) is 3.73. The first kappa shape index (κ1) is 25.4. The smallest absolute Gasteiger partial charge is 0.329 e. The van der Waals surface area contributed by atoms with E-state index in [-0.39, 0.29) is 24.2 Å². The number of likely N-dealkylation sites (tertiary alicyclic amines) is 1. The van der Waals surface area contributed by atoms with Crippen molar-refractivity contribution >= 4 is 21.2 Å². The van der Waals surface area contributed by atoms with Crippen LogP contribution in [0.5, 0.6) is 0 Å². The fourth-order valence-electron chi connectivity index (χ4n) is 6.01. The molecule has 0 bridgehead atoms. The molecular formula is C24H40N6O3S. The quantitative estimate of drug-likeness (QED) is 0.517. The highest BCUT2D eigenvalue weighted by Crippen LogP contribution is 2.32. The van der Waals surface area contributed by atoms with Crippen molar-refractivity contribution in [2.24, 2.45) is 22.7 Å². The Hall–Kier alpha value is -1.72. The van der Waals surface area contributed by atoms with Gasteiger partial charge in [-0.15, -0.1) is 0 Å². The van der Waals surface area contributed by atoms with Crippen LogP contribution in [-0.2, 0) is 16.8 Å². The lowest BCUT2D eigenvalue weighted by molar-refractivity contribution is 0.103. The number of hydrogen-bond donors (Lipinski definition) is 3. The fourth-order valence-corrected chi connectivity index (χ4v) is 6.46. The van der Waals surface area contributed by atoms with Crippen LogP contribution >= 0.6 is 0 Å². The predicted molar refractivity (Wildman–Crippen MR) is 136 cm³/mol. The first-order valence-corrected chi connectivity index (χ1v) is 14.3. The van der Waals surface area contributed by atoms with Gasteiger partial charge in [0, 0.05) is 51.2 Å². The number of imidazole rings is 1. The number of para-hydroxylation sites is 2. The van der Waals surface area contributed by atoms with Crippen LogP contribution in [0, 0.1) is 11.8 Å². The number of nitrogens with zero attached hydrogens (tertiary/aromatic N) is 3. The summed E-state index contributed by atoms with van der Waals surface area (Å²) in [5.41, 5.74) is 7.46. The minimum Gasteiger partial charge on any atom is -0.329 e. The van der Waals surface area contributed by atoms with E-state index in [1.807, 2.05) is 28.8 Å². The highest BCUT2D eigenvalue weighted by atomic mass is 32.2. The van der Waals surface area contributed by atoms with Crippen LogP contribution in [0.1, 0.15) is 57.4 Å². The number of hydrogen-bond acceptors (Lipinski definition) is 5. The highest BCUT2D eigenvalue weighted by Gasteiger charge is 2.34. The Morgan fingerprint density at radius 3 is 2.35 bits per heavy atom. The molecule has 9 nitrogen and oxygen atoms in total. The van der Waals surface area contributed by atoms with E-state index < -0.39 is 10.2 Å². The fraction of sp³-hybridized carbons (Fsp3) is 0.708. The normalized spacial score (nSPS) is 23.7. The lowest BCUT2D eigenvalue weighted by Crippen LogP contribution is -2.49. The summed E-state index contributed by atoms with van der Waals surface area (Å²) in [4.78, 5) is 16.0. The second-order valence-corrected chi connectivity index (χ2v) is 11.4. The molecule has 2 atom stereocenters. The van der Waals surface area contributed by atoms with Crippen LogP contribution < -0.4 is 21.3 Å². The van der Waals surface area contributed by atoms with Gasteiger partial charge in [0.05, 0.1) is 11.0 Å². The van der Waals surface area contributed by atoms with Crippen LogP contribution in [-0.4, -0.2) is 55.2 Å². The van der Waals surface area contributed by atoms with Gasteiger partial charge < -0.3 is 10.6 Å². The monoisotopic (exact) mass is 492 g/mol. The minimum absolute atomic E-state index is 0.0598. The maximum Gasteiger partial charge on any atom is 0.329 e. The summed E-state index contributed by atoms with van der Waals surface area (Å²) >= 11 is 0. The number of benzene rings is 1. The van der Waals surface area contributed by atoms with E-state index in [9.17, 15) is 13.2 Å². The van der Waals surface area contributed by atoms with Crippen molar-refractivity contribution in [3.05, 3.63) is 34.7 Å². The average Bonchev–Trinajstić information content (AvgIpc) is 3.05. The molecule has 190 valence electrons. The Labute approximate surface area is 202 Å². The van der Waals surface area contributed by atoms with Gasteiger partial charge in [-0.2, -0.15) is 8.42 Å². The molecular weight excluding hydrogens is 452 g/mol. The van der Waals surface area contributed by atoms with E-state index in [1.165, 1.54) is 44.9 Å². The van der Waals surface area contributed by atoms with E-state index in [0.29, 0.717) is 19.0 Å². The van der Waals surface area contributed by atoms with Crippen molar-refractivity contribution in [2.45, 2.75) is 64.0 Å². The van der Waals surface area contributed by atoms with Crippen LogP contribution in [0.2, 0.25) is 0 Å². The third kappa shape index (κ3) is 6.09. The summed E-state index contributed by atoms with van der Waals surface area (Å²) in [5, 5.41) is 5.28. The van der Waals surface area contributed by atoms with E-state index in [2.05, 4.69) is 9.62 Å². The number of aromatic nitrogens is 2. The zero-order valence-corrected chi connectivity index (χ0v) is 20.9. The first-order valence-electron chi connectivity index (χ1n) is 12.8. The van der Waals surface area contributed by atoms with Gasteiger partial charge in [0.1, 0.15) is 0 Å². The van der Waals surface area contributed by atoms with Gasteiger partial charge in [-0.3, -0.25) is 9.13 Å². The van der Waals surface area contributed by atoms with E-state index in [1.54, 1.807) is 4.57 Å². The molecule has 5 N–H and O–H groups in total. The molecule has 1 saturated heterocycles. The van der Waals surface area contributed by atoms with Crippen LogP contribution in [0.25, 0.3) is 11.0 Å². The average molecular weight is 493 g/mol. The van der Waals surface area contributed by atoms with Crippen molar-refractivity contribution in [3.8, 4) is 0 Å². The first-order chi connectivity index (χ1) is 16.4. The highest BCUT2D eigenvalue weighted by molar-refractivity contribution is 7.87. The van der Waals surface area contributed by atoms with Gasteiger partial charge >= 0.3 is 5.69 Å². The second-order valence-electron chi connectivity index (χ2n) is 10.1. The topological polar surface area (TPSA) is 128 Å². The molecule has 2 fully saturated rings. The molecule has 0 spiro atoms. The Bertz CT molecular complexity index is 1100. The molecule has 2 unspecified atom stereocenters. The van der Waals surface area contributed by atoms with Gasteiger partial charge in [-0.05, 0) is 37.3 Å². The number of piperidine rings is 1. The Morgan fingerprint density at radius 1 is 1.00 bits per heavy atom. The lowest BCUT2D eigenvalue weighted by atomic mass is 9.88. The van der Waals surface area contributed by atoms with Crippen LogP contribution in [0.15, 0.2) is 29.1 Å². The molecule has 10 heteroatoms. The Balaban J connectivity index is 1.59. The number of nitrogens with two attached hydrogens (primary N) is 2. The van der Waals surface area contributed by atoms with Gasteiger partial charge in [-0.1, -0.05) is 44.2 Å². The van der Waals surface area contributed by atoms with Gasteiger partial charge in [-0.25, -0.2) is 14.7 Å². The third-order valence-electron chi connectivity index (χ3n) is 7.62. The molecule has 34 heavy (non-hydrogen) atoms. The van der Waals surface area contributed by atoms with Crippen molar-refractivity contribution in [3.63, 3.8) is 0 Å².